The molecule has 18 heavy (non-hydrogen) atoms. The Morgan fingerprint density at radius 3 is 2.61 bits per heavy atom. The van der Waals surface area contributed by atoms with Crippen LogP contribution in [0.2, 0.25) is 0 Å². The quantitative estimate of drug-likeness (QED) is 0.534. The Hall–Kier alpha value is -0.150. The maximum absolute atomic E-state index is 12.3. The zero-order valence-corrected chi connectivity index (χ0v) is 14.2. The molecule has 1 nitrogen and oxygen atoms in total. The van der Waals surface area contributed by atoms with Gasteiger partial charge in [0.2, 0.25) is 0 Å². The van der Waals surface area contributed by atoms with Gasteiger partial charge in [-0.1, -0.05) is 71.4 Å². The van der Waals surface area contributed by atoms with Gasteiger partial charge in [-0.2, -0.15) is 0 Å². The lowest BCUT2D eigenvalue weighted by Crippen LogP contribution is -2.09. The number of carbonyl (C=O) groups is 1. The molecule has 0 spiro atoms. The number of rotatable bonds is 7. The van der Waals surface area contributed by atoms with Crippen molar-refractivity contribution in [2.24, 2.45) is 5.92 Å². The summed E-state index contributed by atoms with van der Waals surface area (Å²) in [6, 6.07) is 5.76. The van der Waals surface area contributed by atoms with Crippen molar-refractivity contribution in [3.63, 3.8) is 0 Å². The number of ketones is 1. The van der Waals surface area contributed by atoms with Crippen LogP contribution in [0.15, 0.2) is 27.1 Å². The van der Waals surface area contributed by atoms with Gasteiger partial charge in [-0.25, -0.2) is 0 Å². The summed E-state index contributed by atoms with van der Waals surface area (Å²) >= 11 is 6.87. The van der Waals surface area contributed by atoms with Crippen LogP contribution in [0.5, 0.6) is 0 Å². The minimum Gasteiger partial charge on any atom is -0.294 e. The number of benzene rings is 1. The first-order chi connectivity index (χ1) is 8.58. The standard InChI is InChI=1S/C15H20Br2O/c1-3-5-6-11(4-2)9-15(18)13-10-12(16)7-8-14(13)17/h7-8,10-11H,3-6,9H2,1-2H3. The molecule has 0 N–H and O–H groups in total. The number of unbranched alkanes of at least 4 members (excludes halogenated alkanes) is 1. The number of carbonyl (C=O) groups excluding carboxylic acids is 1. The van der Waals surface area contributed by atoms with Crippen LogP contribution in [-0.2, 0) is 0 Å². The molecule has 3 heteroatoms. The average molecular weight is 376 g/mol. The zero-order chi connectivity index (χ0) is 13.5. The second kappa shape index (κ2) is 8.11. The van der Waals surface area contributed by atoms with E-state index in [-0.39, 0.29) is 5.78 Å². The van der Waals surface area contributed by atoms with Crippen molar-refractivity contribution in [1.29, 1.82) is 0 Å². The van der Waals surface area contributed by atoms with Gasteiger partial charge in [0.1, 0.15) is 0 Å². The second-order valence-electron chi connectivity index (χ2n) is 4.67. The van der Waals surface area contributed by atoms with Crippen LogP contribution in [-0.4, -0.2) is 5.78 Å². The van der Waals surface area contributed by atoms with Gasteiger partial charge < -0.3 is 0 Å². The predicted octanol–water partition coefficient (Wildman–Crippen LogP) is 6.00. The Kier molecular flexibility index (Phi) is 7.16. The highest BCUT2D eigenvalue weighted by Crippen LogP contribution is 2.26. The zero-order valence-electron chi connectivity index (χ0n) is 11.0. The molecule has 0 fully saturated rings. The maximum Gasteiger partial charge on any atom is 0.164 e. The van der Waals surface area contributed by atoms with Crippen molar-refractivity contribution in [2.75, 3.05) is 0 Å². The third-order valence-electron chi connectivity index (χ3n) is 3.25. The molecular weight excluding hydrogens is 356 g/mol. The van der Waals surface area contributed by atoms with E-state index in [4.69, 9.17) is 0 Å². The van der Waals surface area contributed by atoms with E-state index in [0.717, 1.165) is 27.4 Å². The van der Waals surface area contributed by atoms with Crippen LogP contribution in [0.1, 0.15) is 56.3 Å². The minimum atomic E-state index is 0.242. The van der Waals surface area contributed by atoms with Gasteiger partial charge in [0.05, 0.1) is 0 Å². The van der Waals surface area contributed by atoms with E-state index in [2.05, 4.69) is 45.7 Å². The fourth-order valence-electron chi connectivity index (χ4n) is 2.03. The number of hydrogen-bond acceptors (Lipinski definition) is 1. The van der Waals surface area contributed by atoms with Gasteiger partial charge in [0, 0.05) is 20.9 Å². The van der Waals surface area contributed by atoms with Crippen molar-refractivity contribution >= 4 is 37.6 Å². The van der Waals surface area contributed by atoms with Crippen LogP contribution in [0.3, 0.4) is 0 Å². The van der Waals surface area contributed by atoms with E-state index >= 15 is 0 Å². The van der Waals surface area contributed by atoms with Crippen molar-refractivity contribution in [3.05, 3.63) is 32.7 Å². The van der Waals surface area contributed by atoms with Crippen LogP contribution < -0.4 is 0 Å². The molecule has 0 saturated carbocycles. The summed E-state index contributed by atoms with van der Waals surface area (Å²) in [5.74, 6) is 0.759. The highest BCUT2D eigenvalue weighted by molar-refractivity contribution is 9.11. The largest absolute Gasteiger partial charge is 0.294 e. The molecule has 1 aromatic carbocycles. The first-order valence-corrected chi connectivity index (χ1v) is 8.15. The Balaban J connectivity index is 2.71. The number of hydrogen-bond donors (Lipinski definition) is 0. The van der Waals surface area contributed by atoms with Gasteiger partial charge >= 0.3 is 0 Å². The van der Waals surface area contributed by atoms with Gasteiger partial charge in [0.15, 0.2) is 5.78 Å². The molecular formula is C15H20Br2O. The minimum absolute atomic E-state index is 0.242. The van der Waals surface area contributed by atoms with E-state index in [1.807, 2.05) is 18.2 Å². The summed E-state index contributed by atoms with van der Waals surface area (Å²) in [5.41, 5.74) is 0.791. The van der Waals surface area contributed by atoms with Crippen LogP contribution >= 0.6 is 31.9 Å². The van der Waals surface area contributed by atoms with E-state index < -0.39 is 0 Å². The van der Waals surface area contributed by atoms with E-state index in [9.17, 15) is 4.79 Å². The first-order valence-electron chi connectivity index (χ1n) is 6.56. The summed E-state index contributed by atoms with van der Waals surface area (Å²) < 4.78 is 1.84. The molecule has 1 rings (SSSR count). The summed E-state index contributed by atoms with van der Waals surface area (Å²) in [7, 11) is 0. The monoisotopic (exact) mass is 374 g/mol. The topological polar surface area (TPSA) is 17.1 Å². The van der Waals surface area contributed by atoms with E-state index in [0.29, 0.717) is 12.3 Å². The molecule has 0 aromatic heterocycles. The molecule has 0 amide bonds. The second-order valence-corrected chi connectivity index (χ2v) is 6.44. The maximum atomic E-state index is 12.3. The summed E-state index contributed by atoms with van der Waals surface area (Å²) in [5, 5.41) is 0. The van der Waals surface area contributed by atoms with Gasteiger partial charge in [-0.15, -0.1) is 0 Å². The SMILES string of the molecule is CCCCC(CC)CC(=O)c1cc(Br)ccc1Br. The Labute approximate surface area is 127 Å². The lowest BCUT2D eigenvalue weighted by atomic mass is 9.91. The van der Waals surface area contributed by atoms with Gasteiger partial charge in [-0.3, -0.25) is 4.79 Å². The van der Waals surface area contributed by atoms with Gasteiger partial charge in [0.25, 0.3) is 0 Å². The third kappa shape index (κ3) is 4.85. The van der Waals surface area contributed by atoms with Gasteiger partial charge in [-0.05, 0) is 24.1 Å². The molecule has 100 valence electrons. The number of halogens is 2. The van der Waals surface area contributed by atoms with Crippen LogP contribution in [0, 0.1) is 5.92 Å². The van der Waals surface area contributed by atoms with Crippen molar-refractivity contribution in [1.82, 2.24) is 0 Å². The van der Waals surface area contributed by atoms with E-state index in [1.54, 1.807) is 0 Å². The Morgan fingerprint density at radius 2 is 2.00 bits per heavy atom. The van der Waals surface area contributed by atoms with Crippen molar-refractivity contribution in [3.8, 4) is 0 Å². The smallest absolute Gasteiger partial charge is 0.164 e. The molecule has 0 aliphatic carbocycles. The molecule has 0 heterocycles. The Bertz CT molecular complexity index is 401. The normalized spacial score (nSPS) is 12.4. The Morgan fingerprint density at radius 1 is 1.28 bits per heavy atom. The fraction of sp³-hybridized carbons (Fsp3) is 0.533. The molecule has 0 saturated heterocycles. The molecule has 0 aliphatic rings. The van der Waals surface area contributed by atoms with Crippen molar-refractivity contribution < 1.29 is 4.79 Å². The van der Waals surface area contributed by atoms with Crippen LogP contribution in [0.25, 0.3) is 0 Å². The number of Topliss-reactive ketones (excluding diaryl/α,β-unsaturated/α-hetero) is 1. The summed E-state index contributed by atoms with van der Waals surface area (Å²) in [6.45, 7) is 4.36. The molecule has 0 aliphatic heterocycles. The molecule has 0 bridgehead atoms. The third-order valence-corrected chi connectivity index (χ3v) is 4.43. The molecule has 0 radical (unpaired) electrons. The highest BCUT2D eigenvalue weighted by Gasteiger charge is 2.16. The van der Waals surface area contributed by atoms with Crippen LogP contribution in [0.4, 0.5) is 0 Å². The predicted molar refractivity (Wildman–Crippen MR) is 84.1 cm³/mol. The summed E-state index contributed by atoms with van der Waals surface area (Å²) in [4.78, 5) is 12.3. The lowest BCUT2D eigenvalue weighted by Gasteiger charge is -2.14. The molecule has 1 aromatic rings. The molecule has 1 unspecified atom stereocenters. The first kappa shape index (κ1) is 15.9. The lowest BCUT2D eigenvalue weighted by molar-refractivity contribution is 0.0956. The highest BCUT2D eigenvalue weighted by atomic mass is 79.9. The van der Waals surface area contributed by atoms with Crippen molar-refractivity contribution in [2.45, 2.75) is 46.0 Å². The summed E-state index contributed by atoms with van der Waals surface area (Å²) in [6.07, 6.45) is 5.31. The average Bonchev–Trinajstić information content (AvgIpc) is 2.37. The fourth-order valence-corrected chi connectivity index (χ4v) is 2.86. The molecule has 1 atom stereocenters. The van der Waals surface area contributed by atoms with E-state index in [1.165, 1.54) is 12.8 Å².